The fourth-order valence-electron chi connectivity index (χ4n) is 3.82. The molecule has 3 aromatic heterocycles. The van der Waals surface area contributed by atoms with Gasteiger partial charge in [-0.25, -0.2) is 4.98 Å². The zero-order valence-electron chi connectivity index (χ0n) is 15.7. The molecule has 0 radical (unpaired) electrons. The number of amides is 1. The lowest BCUT2D eigenvalue weighted by Gasteiger charge is -2.34. The van der Waals surface area contributed by atoms with E-state index in [2.05, 4.69) is 32.2 Å². The normalized spacial score (nSPS) is 17.4. The van der Waals surface area contributed by atoms with E-state index in [-0.39, 0.29) is 11.8 Å². The first-order chi connectivity index (χ1) is 13.2. The van der Waals surface area contributed by atoms with E-state index in [9.17, 15) is 4.79 Å². The number of aromatic nitrogens is 4. The van der Waals surface area contributed by atoms with Crippen LogP contribution in [0.4, 0.5) is 5.82 Å². The number of hydrogen-bond acceptors (Lipinski definition) is 6. The van der Waals surface area contributed by atoms with Crippen molar-refractivity contribution in [1.29, 1.82) is 0 Å². The lowest BCUT2D eigenvalue weighted by molar-refractivity contribution is -0.125. The molecule has 0 unspecified atom stereocenters. The van der Waals surface area contributed by atoms with Gasteiger partial charge in [-0.3, -0.25) is 4.79 Å². The minimum Gasteiger partial charge on any atom is -0.355 e. The molecule has 1 fully saturated rings. The molecule has 1 saturated heterocycles. The maximum atomic E-state index is 12.7. The quantitative estimate of drug-likeness (QED) is 0.732. The van der Waals surface area contributed by atoms with Gasteiger partial charge in [0.15, 0.2) is 0 Å². The number of piperidine rings is 1. The summed E-state index contributed by atoms with van der Waals surface area (Å²) in [6.07, 6.45) is 4.31. The van der Waals surface area contributed by atoms with Crippen LogP contribution in [0.1, 0.15) is 35.9 Å². The maximum absolute atomic E-state index is 12.7. The Balaban J connectivity index is 1.55. The van der Waals surface area contributed by atoms with Gasteiger partial charge in [0.05, 0.1) is 12.5 Å². The Bertz CT molecular complexity index is 935. The van der Waals surface area contributed by atoms with Crippen LogP contribution in [0.25, 0.3) is 5.78 Å². The predicted molar refractivity (Wildman–Crippen MR) is 106 cm³/mol. The second kappa shape index (κ2) is 7.64. The topological polar surface area (TPSA) is 75.4 Å². The molecule has 0 aliphatic carbocycles. The van der Waals surface area contributed by atoms with Gasteiger partial charge in [-0.15, -0.1) is 11.3 Å². The van der Waals surface area contributed by atoms with Gasteiger partial charge in [0, 0.05) is 29.2 Å². The number of anilines is 1. The molecule has 1 amide bonds. The molecular formula is C19H24N6OS. The van der Waals surface area contributed by atoms with Crippen molar-refractivity contribution in [1.82, 2.24) is 24.9 Å². The van der Waals surface area contributed by atoms with Gasteiger partial charge in [-0.2, -0.15) is 14.6 Å². The molecular weight excluding hydrogens is 360 g/mol. The van der Waals surface area contributed by atoms with Crippen LogP contribution in [0.3, 0.4) is 0 Å². The van der Waals surface area contributed by atoms with Gasteiger partial charge < -0.3 is 10.2 Å². The molecule has 4 heterocycles. The fourth-order valence-corrected chi connectivity index (χ4v) is 4.47. The Labute approximate surface area is 162 Å². The van der Waals surface area contributed by atoms with E-state index in [0.717, 1.165) is 37.3 Å². The number of nitrogens with zero attached hydrogens (tertiary/aromatic N) is 5. The Morgan fingerprint density at radius 1 is 1.44 bits per heavy atom. The highest BCUT2D eigenvalue weighted by Gasteiger charge is 2.29. The largest absolute Gasteiger partial charge is 0.355 e. The third-order valence-corrected chi connectivity index (χ3v) is 6.04. The van der Waals surface area contributed by atoms with Crippen molar-refractivity contribution in [2.45, 2.75) is 39.7 Å². The number of hydrogen-bond donors (Lipinski definition) is 1. The Morgan fingerprint density at radius 3 is 3.11 bits per heavy atom. The van der Waals surface area contributed by atoms with Crippen molar-refractivity contribution < 1.29 is 4.79 Å². The standard InChI is InChI=1S/C19H24N6OS/c1-3-16-13(2)23-19-21-12-22-25(19)18(16)24-8-4-6-14(11-24)17(26)20-10-15-7-5-9-27-15/h5,7,9,12,14H,3-4,6,8,10-11H2,1-2H3,(H,20,26)/t14-/m0/s1. The summed E-state index contributed by atoms with van der Waals surface area (Å²) in [4.78, 5) is 25.0. The van der Waals surface area contributed by atoms with E-state index in [1.165, 1.54) is 10.4 Å². The zero-order valence-corrected chi connectivity index (χ0v) is 16.5. The smallest absolute Gasteiger partial charge is 0.254 e. The van der Waals surface area contributed by atoms with Crippen LogP contribution in [0.2, 0.25) is 0 Å². The first-order valence-electron chi connectivity index (χ1n) is 9.41. The summed E-state index contributed by atoms with van der Waals surface area (Å²) in [6, 6.07) is 4.06. The highest BCUT2D eigenvalue weighted by Crippen LogP contribution is 2.28. The van der Waals surface area contributed by atoms with E-state index < -0.39 is 0 Å². The number of thiophene rings is 1. The van der Waals surface area contributed by atoms with Crippen LogP contribution >= 0.6 is 11.3 Å². The van der Waals surface area contributed by atoms with E-state index in [1.807, 2.05) is 29.0 Å². The van der Waals surface area contributed by atoms with E-state index in [1.54, 1.807) is 17.7 Å². The van der Waals surface area contributed by atoms with Crippen molar-refractivity contribution in [3.05, 3.63) is 40.0 Å². The molecule has 1 N–H and O–H groups in total. The Hall–Kier alpha value is -2.48. The highest BCUT2D eigenvalue weighted by atomic mass is 32.1. The molecule has 0 spiro atoms. The van der Waals surface area contributed by atoms with Crippen molar-refractivity contribution >= 4 is 28.8 Å². The summed E-state index contributed by atoms with van der Waals surface area (Å²) in [5, 5.41) is 9.52. The summed E-state index contributed by atoms with van der Waals surface area (Å²) < 4.78 is 1.82. The Kier molecular flexibility index (Phi) is 5.07. The van der Waals surface area contributed by atoms with Crippen molar-refractivity contribution in [3.63, 3.8) is 0 Å². The highest BCUT2D eigenvalue weighted by molar-refractivity contribution is 7.09. The van der Waals surface area contributed by atoms with Gasteiger partial charge in [0.2, 0.25) is 5.91 Å². The van der Waals surface area contributed by atoms with Gasteiger partial charge in [-0.1, -0.05) is 13.0 Å². The van der Waals surface area contributed by atoms with Gasteiger partial charge in [-0.05, 0) is 37.6 Å². The summed E-state index contributed by atoms with van der Waals surface area (Å²) in [5.74, 6) is 1.76. The first kappa shape index (κ1) is 17.9. The summed E-state index contributed by atoms with van der Waals surface area (Å²) in [6.45, 7) is 6.37. The zero-order chi connectivity index (χ0) is 18.8. The third kappa shape index (κ3) is 3.53. The van der Waals surface area contributed by atoms with E-state index in [4.69, 9.17) is 0 Å². The molecule has 0 aromatic carbocycles. The predicted octanol–water partition coefficient (Wildman–Crippen LogP) is 2.59. The Morgan fingerprint density at radius 2 is 2.33 bits per heavy atom. The van der Waals surface area contributed by atoms with Crippen LogP contribution in [0.5, 0.6) is 0 Å². The summed E-state index contributed by atoms with van der Waals surface area (Å²) in [5.41, 5.74) is 2.16. The molecule has 142 valence electrons. The molecule has 0 bridgehead atoms. The molecule has 7 nitrogen and oxygen atoms in total. The van der Waals surface area contributed by atoms with Crippen LogP contribution < -0.4 is 10.2 Å². The summed E-state index contributed by atoms with van der Waals surface area (Å²) >= 11 is 1.67. The number of nitrogens with one attached hydrogen (secondary N) is 1. The lowest BCUT2D eigenvalue weighted by Crippen LogP contribution is -2.44. The molecule has 8 heteroatoms. The number of carbonyl (C=O) groups is 1. The minimum absolute atomic E-state index is 0.0181. The molecule has 1 aliphatic heterocycles. The van der Waals surface area contributed by atoms with Gasteiger partial charge >= 0.3 is 0 Å². The SMILES string of the molecule is CCc1c(C)nc2ncnn2c1N1CCC[C@H](C(=O)NCc2cccs2)C1. The molecule has 1 atom stereocenters. The summed E-state index contributed by atoms with van der Waals surface area (Å²) in [7, 11) is 0. The number of fused-ring (bicyclic) bond motifs is 1. The average molecular weight is 385 g/mol. The monoisotopic (exact) mass is 384 g/mol. The van der Waals surface area contributed by atoms with Gasteiger partial charge in [0.25, 0.3) is 5.78 Å². The third-order valence-electron chi connectivity index (χ3n) is 5.17. The number of aryl methyl sites for hydroxylation is 1. The molecule has 3 aromatic rings. The van der Waals surface area contributed by atoms with Gasteiger partial charge in [0.1, 0.15) is 12.1 Å². The second-order valence-electron chi connectivity index (χ2n) is 6.91. The fraction of sp³-hybridized carbons (Fsp3) is 0.474. The number of carbonyl (C=O) groups excluding carboxylic acids is 1. The first-order valence-corrected chi connectivity index (χ1v) is 10.3. The maximum Gasteiger partial charge on any atom is 0.254 e. The lowest BCUT2D eigenvalue weighted by atomic mass is 9.96. The molecule has 4 rings (SSSR count). The second-order valence-corrected chi connectivity index (χ2v) is 7.94. The van der Waals surface area contributed by atoms with Crippen molar-refractivity contribution in [3.8, 4) is 0 Å². The van der Waals surface area contributed by atoms with E-state index in [0.29, 0.717) is 18.9 Å². The molecule has 0 saturated carbocycles. The van der Waals surface area contributed by atoms with Crippen LogP contribution in [0.15, 0.2) is 23.8 Å². The van der Waals surface area contributed by atoms with Crippen LogP contribution in [-0.4, -0.2) is 38.6 Å². The number of rotatable bonds is 5. The average Bonchev–Trinajstić information content (AvgIpc) is 3.36. The van der Waals surface area contributed by atoms with Crippen LogP contribution in [-0.2, 0) is 17.8 Å². The minimum atomic E-state index is -0.0181. The van der Waals surface area contributed by atoms with Crippen molar-refractivity contribution in [2.75, 3.05) is 18.0 Å². The molecule has 27 heavy (non-hydrogen) atoms. The van der Waals surface area contributed by atoms with Crippen molar-refractivity contribution in [2.24, 2.45) is 5.92 Å². The van der Waals surface area contributed by atoms with Crippen LogP contribution in [0, 0.1) is 12.8 Å². The molecule has 1 aliphatic rings. The van der Waals surface area contributed by atoms with E-state index >= 15 is 0 Å².